The van der Waals surface area contributed by atoms with Gasteiger partial charge in [0.25, 0.3) is 0 Å². The number of ketones is 1. The molecule has 0 radical (unpaired) electrons. The van der Waals surface area contributed by atoms with Crippen molar-refractivity contribution in [3.05, 3.63) is 35.4 Å². The molecule has 0 aliphatic rings. The van der Waals surface area contributed by atoms with Crippen LogP contribution in [0.5, 0.6) is 0 Å². The third-order valence-corrected chi connectivity index (χ3v) is 3.20. The molecule has 0 fully saturated rings. The molecule has 0 saturated carbocycles. The molecule has 0 aliphatic carbocycles. The fourth-order valence-electron chi connectivity index (χ4n) is 2.30. The second kappa shape index (κ2) is 7.26. The van der Waals surface area contributed by atoms with Crippen LogP contribution in [0.4, 0.5) is 0 Å². The summed E-state index contributed by atoms with van der Waals surface area (Å²) in [6.07, 6.45) is 5.55. The lowest BCUT2D eigenvalue weighted by atomic mass is 9.88. The van der Waals surface area contributed by atoms with Crippen molar-refractivity contribution in [2.75, 3.05) is 0 Å². The Labute approximate surface area is 105 Å². The van der Waals surface area contributed by atoms with Crippen molar-refractivity contribution < 1.29 is 4.79 Å². The van der Waals surface area contributed by atoms with Crippen LogP contribution in [0.1, 0.15) is 63.0 Å². The molecule has 0 heterocycles. The van der Waals surface area contributed by atoms with E-state index in [1.807, 2.05) is 0 Å². The van der Waals surface area contributed by atoms with Crippen molar-refractivity contribution in [3.63, 3.8) is 0 Å². The van der Waals surface area contributed by atoms with Gasteiger partial charge in [-0.15, -0.1) is 0 Å². The summed E-state index contributed by atoms with van der Waals surface area (Å²) in [5.74, 6) is 0.715. The van der Waals surface area contributed by atoms with Gasteiger partial charge >= 0.3 is 0 Å². The Morgan fingerprint density at radius 3 is 2.65 bits per heavy atom. The molecule has 1 heteroatoms. The Morgan fingerprint density at radius 2 is 2.06 bits per heavy atom. The average Bonchev–Trinajstić information content (AvgIpc) is 2.27. The first-order valence-corrected chi connectivity index (χ1v) is 6.69. The minimum atomic E-state index is 0.299. The number of benzene rings is 1. The standard InChI is InChI=1S/C16H24O/c1-4-5-6-9-16(12-14(3)17)15-10-7-8-13(2)11-15/h7-8,10-11,16H,4-6,9,12H2,1-3H3. The summed E-state index contributed by atoms with van der Waals surface area (Å²) in [6, 6.07) is 8.59. The molecule has 0 N–H and O–H groups in total. The molecule has 0 spiro atoms. The molecule has 1 rings (SSSR count). The van der Waals surface area contributed by atoms with Gasteiger partial charge < -0.3 is 4.79 Å². The first kappa shape index (κ1) is 14.0. The van der Waals surface area contributed by atoms with E-state index in [0.717, 1.165) is 6.42 Å². The van der Waals surface area contributed by atoms with Crippen molar-refractivity contribution >= 4 is 5.78 Å². The largest absolute Gasteiger partial charge is 0.300 e. The second-order valence-corrected chi connectivity index (χ2v) is 5.01. The normalized spacial score (nSPS) is 12.4. The molecule has 94 valence electrons. The van der Waals surface area contributed by atoms with Crippen molar-refractivity contribution in [1.82, 2.24) is 0 Å². The molecular weight excluding hydrogens is 208 g/mol. The van der Waals surface area contributed by atoms with E-state index in [4.69, 9.17) is 0 Å². The van der Waals surface area contributed by atoms with Crippen molar-refractivity contribution in [3.8, 4) is 0 Å². The smallest absolute Gasteiger partial charge is 0.130 e. The quantitative estimate of drug-likeness (QED) is 0.626. The third-order valence-electron chi connectivity index (χ3n) is 3.20. The van der Waals surface area contributed by atoms with E-state index in [1.54, 1.807) is 6.92 Å². The summed E-state index contributed by atoms with van der Waals surface area (Å²) in [5, 5.41) is 0. The minimum absolute atomic E-state index is 0.299. The molecule has 1 aromatic rings. The molecule has 1 atom stereocenters. The zero-order valence-electron chi connectivity index (χ0n) is 11.3. The Bertz CT molecular complexity index is 354. The molecule has 0 aliphatic heterocycles. The summed E-state index contributed by atoms with van der Waals surface area (Å²) < 4.78 is 0. The van der Waals surface area contributed by atoms with E-state index < -0.39 is 0 Å². The van der Waals surface area contributed by atoms with Crippen LogP contribution in [0.3, 0.4) is 0 Å². The van der Waals surface area contributed by atoms with Crippen LogP contribution in [-0.2, 0) is 4.79 Å². The lowest BCUT2D eigenvalue weighted by Crippen LogP contribution is -2.05. The lowest BCUT2D eigenvalue weighted by molar-refractivity contribution is -0.117. The number of hydrogen-bond donors (Lipinski definition) is 0. The summed E-state index contributed by atoms with van der Waals surface area (Å²) in [7, 11) is 0. The van der Waals surface area contributed by atoms with Crippen LogP contribution >= 0.6 is 0 Å². The fraction of sp³-hybridized carbons (Fsp3) is 0.562. The summed E-state index contributed by atoms with van der Waals surface area (Å²) in [4.78, 5) is 11.3. The van der Waals surface area contributed by atoms with Crippen LogP contribution in [0.25, 0.3) is 0 Å². The van der Waals surface area contributed by atoms with Gasteiger partial charge in [0.2, 0.25) is 0 Å². The first-order valence-electron chi connectivity index (χ1n) is 6.69. The number of aryl methyl sites for hydroxylation is 1. The summed E-state index contributed by atoms with van der Waals surface area (Å²) >= 11 is 0. The highest BCUT2D eigenvalue weighted by molar-refractivity contribution is 5.76. The van der Waals surface area contributed by atoms with Gasteiger partial charge in [-0.25, -0.2) is 0 Å². The van der Waals surface area contributed by atoms with Crippen LogP contribution < -0.4 is 0 Å². The van der Waals surface area contributed by atoms with Crippen LogP contribution in [0, 0.1) is 6.92 Å². The number of unbranched alkanes of at least 4 members (excludes halogenated alkanes) is 2. The zero-order valence-corrected chi connectivity index (χ0v) is 11.3. The lowest BCUT2D eigenvalue weighted by Gasteiger charge is -2.16. The van der Waals surface area contributed by atoms with Gasteiger partial charge in [0.1, 0.15) is 5.78 Å². The maximum Gasteiger partial charge on any atom is 0.130 e. The molecule has 1 unspecified atom stereocenters. The van der Waals surface area contributed by atoms with Gasteiger partial charge in [-0.05, 0) is 31.7 Å². The van der Waals surface area contributed by atoms with Crippen LogP contribution in [0.15, 0.2) is 24.3 Å². The molecule has 0 aromatic heterocycles. The van der Waals surface area contributed by atoms with Gasteiger partial charge in [0.05, 0.1) is 0 Å². The molecular formula is C16H24O. The van der Waals surface area contributed by atoms with Crippen molar-refractivity contribution in [1.29, 1.82) is 0 Å². The molecule has 0 bridgehead atoms. The number of rotatable bonds is 7. The Balaban J connectivity index is 2.70. The SMILES string of the molecule is CCCCCC(CC(C)=O)c1cccc(C)c1. The minimum Gasteiger partial charge on any atom is -0.300 e. The third kappa shape index (κ3) is 5.16. The van der Waals surface area contributed by atoms with E-state index in [9.17, 15) is 4.79 Å². The van der Waals surface area contributed by atoms with Gasteiger partial charge in [0, 0.05) is 6.42 Å². The Morgan fingerprint density at radius 1 is 1.29 bits per heavy atom. The average molecular weight is 232 g/mol. The Kier molecular flexibility index (Phi) is 5.96. The number of hydrogen-bond acceptors (Lipinski definition) is 1. The molecule has 0 saturated heterocycles. The van der Waals surface area contributed by atoms with Crippen molar-refractivity contribution in [2.24, 2.45) is 0 Å². The van der Waals surface area contributed by atoms with E-state index in [-0.39, 0.29) is 0 Å². The highest BCUT2D eigenvalue weighted by Crippen LogP contribution is 2.26. The van der Waals surface area contributed by atoms with Crippen LogP contribution in [-0.4, -0.2) is 5.78 Å². The maximum absolute atomic E-state index is 11.3. The van der Waals surface area contributed by atoms with Gasteiger partial charge in [-0.3, -0.25) is 0 Å². The Hall–Kier alpha value is -1.11. The second-order valence-electron chi connectivity index (χ2n) is 5.01. The van der Waals surface area contributed by atoms with Crippen molar-refractivity contribution in [2.45, 2.75) is 58.8 Å². The summed E-state index contributed by atoms with van der Waals surface area (Å²) in [5.41, 5.74) is 2.61. The van der Waals surface area contributed by atoms with E-state index in [2.05, 4.69) is 38.1 Å². The topological polar surface area (TPSA) is 17.1 Å². The first-order chi connectivity index (χ1) is 8.13. The highest BCUT2D eigenvalue weighted by Gasteiger charge is 2.13. The van der Waals surface area contributed by atoms with E-state index >= 15 is 0 Å². The monoisotopic (exact) mass is 232 g/mol. The summed E-state index contributed by atoms with van der Waals surface area (Å²) in [6.45, 7) is 6.02. The van der Waals surface area contributed by atoms with Crippen LogP contribution in [0.2, 0.25) is 0 Å². The van der Waals surface area contributed by atoms with E-state index in [0.29, 0.717) is 18.1 Å². The number of carbonyl (C=O) groups excluding carboxylic acids is 1. The molecule has 1 nitrogen and oxygen atoms in total. The predicted molar refractivity (Wildman–Crippen MR) is 73.4 cm³/mol. The highest BCUT2D eigenvalue weighted by atomic mass is 16.1. The predicted octanol–water partition coefficient (Wildman–Crippen LogP) is 4.64. The molecule has 0 amide bonds. The molecule has 17 heavy (non-hydrogen) atoms. The van der Waals surface area contributed by atoms with E-state index in [1.165, 1.54) is 30.4 Å². The zero-order chi connectivity index (χ0) is 12.7. The number of carbonyl (C=O) groups is 1. The fourth-order valence-corrected chi connectivity index (χ4v) is 2.30. The van der Waals surface area contributed by atoms with Gasteiger partial charge in [-0.2, -0.15) is 0 Å². The maximum atomic E-state index is 11.3. The van der Waals surface area contributed by atoms with Gasteiger partial charge in [0.15, 0.2) is 0 Å². The van der Waals surface area contributed by atoms with Gasteiger partial charge in [-0.1, -0.05) is 56.0 Å². The molecule has 1 aromatic carbocycles. The number of Topliss-reactive ketones (excluding diaryl/α,β-unsaturated/α-hetero) is 1.